The van der Waals surface area contributed by atoms with Crippen molar-refractivity contribution in [2.24, 2.45) is 10.9 Å². The Morgan fingerprint density at radius 1 is 1.24 bits per heavy atom. The van der Waals surface area contributed by atoms with Gasteiger partial charge in [-0.3, -0.25) is 9.89 Å². The number of nitrogens with one attached hydrogen (secondary N) is 1. The SMILES string of the molecule is CCNC(=NCCOCC1CC1)N1CCN(Cc2ccc(OC)c(F)c2)CC1.I. The molecule has 0 atom stereocenters. The highest BCUT2D eigenvalue weighted by molar-refractivity contribution is 14.0. The first-order valence-electron chi connectivity index (χ1n) is 10.4. The van der Waals surface area contributed by atoms with Gasteiger partial charge in [-0.25, -0.2) is 4.39 Å². The summed E-state index contributed by atoms with van der Waals surface area (Å²) in [6.45, 7) is 9.64. The molecule has 1 saturated carbocycles. The van der Waals surface area contributed by atoms with Crippen molar-refractivity contribution < 1.29 is 13.9 Å². The molecule has 1 saturated heterocycles. The Kier molecular flexibility index (Phi) is 10.4. The molecule has 164 valence electrons. The van der Waals surface area contributed by atoms with Gasteiger partial charge < -0.3 is 19.7 Å². The molecule has 2 aliphatic rings. The van der Waals surface area contributed by atoms with Crippen LogP contribution in [0, 0.1) is 11.7 Å². The zero-order chi connectivity index (χ0) is 19.8. The van der Waals surface area contributed by atoms with Gasteiger partial charge in [-0.2, -0.15) is 0 Å². The number of methoxy groups -OCH3 is 1. The Morgan fingerprint density at radius 3 is 2.62 bits per heavy atom. The Bertz CT molecular complexity index is 650. The zero-order valence-electron chi connectivity index (χ0n) is 17.5. The standard InChI is InChI=1S/C21H33FN4O2.HI/c1-3-23-21(24-8-13-28-16-17-4-5-17)26-11-9-25(10-12-26)15-18-6-7-20(27-2)19(22)14-18;/h6-7,14,17H,3-5,8-13,15-16H2,1-2H3,(H,23,24);1H. The fourth-order valence-electron chi connectivity index (χ4n) is 3.36. The Labute approximate surface area is 190 Å². The Morgan fingerprint density at radius 2 is 2.00 bits per heavy atom. The number of halogens is 2. The Hall–Kier alpha value is -1.13. The molecule has 1 aromatic rings. The van der Waals surface area contributed by atoms with Gasteiger partial charge in [0, 0.05) is 45.9 Å². The number of piperazine rings is 1. The highest BCUT2D eigenvalue weighted by atomic mass is 127. The first-order chi connectivity index (χ1) is 13.7. The van der Waals surface area contributed by atoms with Gasteiger partial charge in [0.25, 0.3) is 0 Å². The molecule has 6 nitrogen and oxygen atoms in total. The van der Waals surface area contributed by atoms with Crippen LogP contribution in [-0.4, -0.2) is 75.4 Å². The summed E-state index contributed by atoms with van der Waals surface area (Å²) in [5.41, 5.74) is 0.972. The van der Waals surface area contributed by atoms with Gasteiger partial charge in [0.05, 0.1) is 20.3 Å². The van der Waals surface area contributed by atoms with E-state index in [9.17, 15) is 4.39 Å². The second-order valence-corrected chi connectivity index (χ2v) is 7.49. The van der Waals surface area contributed by atoms with E-state index in [1.165, 1.54) is 20.0 Å². The summed E-state index contributed by atoms with van der Waals surface area (Å²) in [5.74, 6) is 1.75. The minimum absolute atomic E-state index is 0. The van der Waals surface area contributed by atoms with Crippen LogP contribution in [0.25, 0.3) is 0 Å². The van der Waals surface area contributed by atoms with E-state index in [1.807, 2.05) is 6.07 Å². The van der Waals surface area contributed by atoms with Crippen LogP contribution in [0.3, 0.4) is 0 Å². The highest BCUT2D eigenvalue weighted by Gasteiger charge is 2.21. The maximum Gasteiger partial charge on any atom is 0.194 e. The molecule has 0 bridgehead atoms. The summed E-state index contributed by atoms with van der Waals surface area (Å²) in [6.07, 6.45) is 2.64. The predicted molar refractivity (Wildman–Crippen MR) is 125 cm³/mol. The van der Waals surface area contributed by atoms with E-state index in [-0.39, 0.29) is 29.8 Å². The van der Waals surface area contributed by atoms with Crippen molar-refractivity contribution in [2.45, 2.75) is 26.3 Å². The quantitative estimate of drug-likeness (QED) is 0.235. The second-order valence-electron chi connectivity index (χ2n) is 7.49. The summed E-state index contributed by atoms with van der Waals surface area (Å²) in [7, 11) is 1.49. The molecular weight excluding hydrogens is 486 g/mol. The highest BCUT2D eigenvalue weighted by Crippen LogP contribution is 2.28. The topological polar surface area (TPSA) is 49.3 Å². The van der Waals surface area contributed by atoms with E-state index in [0.29, 0.717) is 18.9 Å². The van der Waals surface area contributed by atoms with Crippen molar-refractivity contribution in [1.82, 2.24) is 15.1 Å². The lowest BCUT2D eigenvalue weighted by atomic mass is 10.2. The van der Waals surface area contributed by atoms with E-state index in [1.54, 1.807) is 12.1 Å². The monoisotopic (exact) mass is 520 g/mol. The number of hydrogen-bond donors (Lipinski definition) is 1. The van der Waals surface area contributed by atoms with Crippen LogP contribution in [0.15, 0.2) is 23.2 Å². The lowest BCUT2D eigenvalue weighted by Crippen LogP contribution is -2.52. The van der Waals surface area contributed by atoms with Gasteiger partial charge in [-0.1, -0.05) is 6.07 Å². The van der Waals surface area contributed by atoms with Crippen LogP contribution >= 0.6 is 24.0 Å². The molecule has 8 heteroatoms. The van der Waals surface area contributed by atoms with Crippen molar-refractivity contribution >= 4 is 29.9 Å². The average Bonchev–Trinajstić information content (AvgIpc) is 3.52. The van der Waals surface area contributed by atoms with Crippen LogP contribution in [0.4, 0.5) is 4.39 Å². The number of hydrogen-bond acceptors (Lipinski definition) is 4. The van der Waals surface area contributed by atoms with Crippen LogP contribution in [0.1, 0.15) is 25.3 Å². The summed E-state index contributed by atoms with van der Waals surface area (Å²) in [6, 6.07) is 5.20. The zero-order valence-corrected chi connectivity index (χ0v) is 19.9. The van der Waals surface area contributed by atoms with Gasteiger partial charge in [0.2, 0.25) is 0 Å². The first-order valence-corrected chi connectivity index (χ1v) is 10.4. The molecule has 1 N–H and O–H groups in total. The average molecular weight is 520 g/mol. The fraction of sp³-hybridized carbons (Fsp3) is 0.667. The van der Waals surface area contributed by atoms with Crippen molar-refractivity contribution in [3.8, 4) is 5.75 Å². The van der Waals surface area contributed by atoms with Crippen molar-refractivity contribution in [2.75, 3.05) is 59.6 Å². The normalized spacial score (nSPS) is 17.8. The molecule has 2 fully saturated rings. The van der Waals surface area contributed by atoms with E-state index in [2.05, 4.69) is 22.0 Å². The molecule has 1 aliphatic heterocycles. The molecule has 0 aromatic heterocycles. The number of aliphatic imine (C=N–C) groups is 1. The number of guanidine groups is 1. The number of benzene rings is 1. The van der Waals surface area contributed by atoms with E-state index < -0.39 is 0 Å². The summed E-state index contributed by atoms with van der Waals surface area (Å²) in [4.78, 5) is 9.37. The van der Waals surface area contributed by atoms with Crippen molar-refractivity contribution in [3.05, 3.63) is 29.6 Å². The lowest BCUT2D eigenvalue weighted by molar-refractivity contribution is 0.131. The molecule has 3 rings (SSSR count). The van der Waals surface area contributed by atoms with Crippen molar-refractivity contribution in [3.63, 3.8) is 0 Å². The summed E-state index contributed by atoms with van der Waals surface area (Å²) < 4.78 is 24.6. The van der Waals surface area contributed by atoms with E-state index in [0.717, 1.165) is 63.3 Å². The minimum Gasteiger partial charge on any atom is -0.494 e. The predicted octanol–water partition coefficient (Wildman–Crippen LogP) is 2.96. The first kappa shape index (κ1) is 24.1. The molecule has 29 heavy (non-hydrogen) atoms. The smallest absolute Gasteiger partial charge is 0.194 e. The third-order valence-corrected chi connectivity index (χ3v) is 5.18. The third-order valence-electron chi connectivity index (χ3n) is 5.18. The second kappa shape index (κ2) is 12.5. The largest absolute Gasteiger partial charge is 0.494 e. The maximum atomic E-state index is 13.9. The van der Waals surface area contributed by atoms with Crippen LogP contribution in [-0.2, 0) is 11.3 Å². The molecule has 1 heterocycles. The molecule has 0 unspecified atom stereocenters. The molecule has 0 spiro atoms. The molecule has 0 radical (unpaired) electrons. The van der Waals surface area contributed by atoms with E-state index >= 15 is 0 Å². The van der Waals surface area contributed by atoms with Crippen LogP contribution in [0.5, 0.6) is 5.75 Å². The maximum absolute atomic E-state index is 13.9. The van der Waals surface area contributed by atoms with Crippen LogP contribution < -0.4 is 10.1 Å². The number of nitrogens with zero attached hydrogens (tertiary/aromatic N) is 3. The van der Waals surface area contributed by atoms with Crippen LogP contribution in [0.2, 0.25) is 0 Å². The lowest BCUT2D eigenvalue weighted by Gasteiger charge is -2.36. The van der Waals surface area contributed by atoms with Gasteiger partial charge >= 0.3 is 0 Å². The van der Waals surface area contributed by atoms with E-state index in [4.69, 9.17) is 14.5 Å². The molecule has 1 aromatic carbocycles. The third kappa shape index (κ3) is 7.90. The summed E-state index contributed by atoms with van der Waals surface area (Å²) >= 11 is 0. The molecular formula is C21H34FIN4O2. The summed E-state index contributed by atoms with van der Waals surface area (Å²) in [5, 5.41) is 3.39. The Balaban J connectivity index is 0.00000300. The minimum atomic E-state index is -0.302. The van der Waals surface area contributed by atoms with Crippen molar-refractivity contribution in [1.29, 1.82) is 0 Å². The number of rotatable bonds is 9. The van der Waals surface area contributed by atoms with Gasteiger partial charge in [-0.05, 0) is 43.4 Å². The van der Waals surface area contributed by atoms with Gasteiger partial charge in [0.15, 0.2) is 17.5 Å². The fourth-order valence-corrected chi connectivity index (χ4v) is 3.36. The van der Waals surface area contributed by atoms with Gasteiger partial charge in [0.1, 0.15) is 0 Å². The molecule has 0 amide bonds. The number of ether oxygens (including phenoxy) is 2. The van der Waals surface area contributed by atoms with Gasteiger partial charge in [-0.15, -0.1) is 24.0 Å². The molecule has 1 aliphatic carbocycles.